The number of carboxylic acid groups (broad SMARTS) is 1. The van der Waals surface area contributed by atoms with E-state index in [1.165, 1.54) is 6.07 Å². The van der Waals surface area contributed by atoms with Gasteiger partial charge in [-0.15, -0.1) is 0 Å². The summed E-state index contributed by atoms with van der Waals surface area (Å²) >= 11 is 0. The fourth-order valence-electron chi connectivity index (χ4n) is 2.90. The third-order valence-electron chi connectivity index (χ3n) is 3.74. The standard InChI is InChI=1S/C14H14FNO2/c15-11-3-1-2-9-10-6-8(7-13(17)18)4-5-12(10)16-14(9)11/h1-3,8,16H,4-7H2,(H,17,18). The van der Waals surface area contributed by atoms with Crippen LogP contribution >= 0.6 is 0 Å². The van der Waals surface area contributed by atoms with Crippen LogP contribution in [0.3, 0.4) is 0 Å². The third kappa shape index (κ3) is 1.78. The van der Waals surface area contributed by atoms with E-state index in [9.17, 15) is 9.18 Å². The van der Waals surface area contributed by atoms with E-state index in [1.54, 1.807) is 6.07 Å². The molecule has 94 valence electrons. The maximum Gasteiger partial charge on any atom is 0.303 e. The Morgan fingerprint density at radius 2 is 2.33 bits per heavy atom. The molecule has 1 aromatic heterocycles. The van der Waals surface area contributed by atoms with Crippen molar-refractivity contribution in [2.45, 2.75) is 25.7 Å². The normalized spacial score (nSPS) is 18.8. The Kier molecular flexibility index (Phi) is 2.58. The highest BCUT2D eigenvalue weighted by Crippen LogP contribution is 2.33. The number of benzene rings is 1. The predicted octanol–water partition coefficient (Wildman–Crippen LogP) is 2.89. The van der Waals surface area contributed by atoms with Gasteiger partial charge in [-0.1, -0.05) is 12.1 Å². The first kappa shape index (κ1) is 11.3. The summed E-state index contributed by atoms with van der Waals surface area (Å²) in [7, 11) is 0. The van der Waals surface area contributed by atoms with Gasteiger partial charge in [0.2, 0.25) is 0 Å². The molecular formula is C14H14FNO2. The Bertz CT molecular complexity index is 618. The molecule has 0 spiro atoms. The minimum Gasteiger partial charge on any atom is -0.481 e. The molecule has 0 amide bonds. The Morgan fingerprint density at radius 1 is 1.50 bits per heavy atom. The van der Waals surface area contributed by atoms with Gasteiger partial charge >= 0.3 is 5.97 Å². The van der Waals surface area contributed by atoms with Gasteiger partial charge in [-0.05, 0) is 36.8 Å². The topological polar surface area (TPSA) is 53.1 Å². The maximum absolute atomic E-state index is 13.7. The molecule has 3 nitrogen and oxygen atoms in total. The molecule has 0 bridgehead atoms. The van der Waals surface area contributed by atoms with Crippen molar-refractivity contribution >= 4 is 16.9 Å². The first-order valence-electron chi connectivity index (χ1n) is 6.15. The van der Waals surface area contributed by atoms with E-state index in [-0.39, 0.29) is 18.2 Å². The second-order valence-corrected chi connectivity index (χ2v) is 4.95. The molecule has 0 aliphatic heterocycles. The third-order valence-corrected chi connectivity index (χ3v) is 3.74. The highest BCUT2D eigenvalue weighted by atomic mass is 19.1. The molecule has 3 rings (SSSR count). The molecular weight excluding hydrogens is 233 g/mol. The number of rotatable bonds is 2. The van der Waals surface area contributed by atoms with Gasteiger partial charge in [0.15, 0.2) is 0 Å². The van der Waals surface area contributed by atoms with Crippen LogP contribution in [0.2, 0.25) is 0 Å². The monoisotopic (exact) mass is 247 g/mol. The lowest BCUT2D eigenvalue weighted by Gasteiger charge is -2.20. The van der Waals surface area contributed by atoms with Crippen LogP contribution in [0, 0.1) is 11.7 Å². The fraction of sp³-hybridized carbons (Fsp3) is 0.357. The molecule has 1 aliphatic rings. The average molecular weight is 247 g/mol. The molecule has 1 heterocycles. The number of aryl methyl sites for hydroxylation is 1. The molecule has 1 unspecified atom stereocenters. The van der Waals surface area contributed by atoms with Crippen molar-refractivity contribution in [1.82, 2.24) is 4.98 Å². The molecule has 1 atom stereocenters. The summed E-state index contributed by atoms with van der Waals surface area (Å²) in [5.41, 5.74) is 2.72. The smallest absolute Gasteiger partial charge is 0.303 e. The molecule has 0 saturated heterocycles. The Labute approximate surface area is 104 Å². The number of para-hydroxylation sites is 1. The van der Waals surface area contributed by atoms with Crippen molar-refractivity contribution in [3.05, 3.63) is 35.3 Å². The lowest BCUT2D eigenvalue weighted by Crippen LogP contribution is -2.16. The van der Waals surface area contributed by atoms with Crippen LogP contribution in [0.4, 0.5) is 4.39 Å². The zero-order valence-electron chi connectivity index (χ0n) is 9.87. The number of aliphatic carboxylic acids is 1. The molecule has 18 heavy (non-hydrogen) atoms. The summed E-state index contributed by atoms with van der Waals surface area (Å²) in [5, 5.41) is 9.76. The molecule has 0 saturated carbocycles. The molecule has 2 N–H and O–H groups in total. The molecule has 0 fully saturated rings. The van der Waals surface area contributed by atoms with E-state index in [4.69, 9.17) is 5.11 Å². The van der Waals surface area contributed by atoms with Gasteiger partial charge in [0.1, 0.15) is 5.82 Å². The fourth-order valence-corrected chi connectivity index (χ4v) is 2.90. The van der Waals surface area contributed by atoms with Crippen molar-refractivity contribution in [2.75, 3.05) is 0 Å². The number of fused-ring (bicyclic) bond motifs is 3. The van der Waals surface area contributed by atoms with Gasteiger partial charge in [-0.3, -0.25) is 4.79 Å². The van der Waals surface area contributed by atoms with Gasteiger partial charge in [-0.2, -0.15) is 0 Å². The number of halogens is 1. The Morgan fingerprint density at radius 3 is 3.11 bits per heavy atom. The predicted molar refractivity (Wildman–Crippen MR) is 66.0 cm³/mol. The number of H-pyrrole nitrogens is 1. The number of aromatic amines is 1. The lowest BCUT2D eigenvalue weighted by molar-refractivity contribution is -0.138. The Hall–Kier alpha value is -1.84. The van der Waals surface area contributed by atoms with E-state index in [0.717, 1.165) is 35.9 Å². The number of aromatic nitrogens is 1. The van der Waals surface area contributed by atoms with Crippen molar-refractivity contribution in [3.8, 4) is 0 Å². The summed E-state index contributed by atoms with van der Waals surface area (Å²) in [6.45, 7) is 0. The average Bonchev–Trinajstić information content (AvgIpc) is 2.68. The zero-order valence-corrected chi connectivity index (χ0v) is 9.87. The van der Waals surface area contributed by atoms with Crippen LogP contribution in [-0.2, 0) is 17.6 Å². The molecule has 4 heteroatoms. The van der Waals surface area contributed by atoms with Crippen LogP contribution in [0.15, 0.2) is 18.2 Å². The highest BCUT2D eigenvalue weighted by Gasteiger charge is 2.24. The lowest BCUT2D eigenvalue weighted by atomic mass is 9.84. The first-order valence-corrected chi connectivity index (χ1v) is 6.15. The van der Waals surface area contributed by atoms with Crippen LogP contribution in [0.25, 0.3) is 10.9 Å². The molecule has 1 aromatic carbocycles. The van der Waals surface area contributed by atoms with Crippen LogP contribution in [-0.4, -0.2) is 16.1 Å². The summed E-state index contributed by atoms with van der Waals surface area (Å²) in [6.07, 6.45) is 2.58. The van der Waals surface area contributed by atoms with E-state index in [2.05, 4.69) is 4.98 Å². The van der Waals surface area contributed by atoms with Crippen LogP contribution < -0.4 is 0 Å². The van der Waals surface area contributed by atoms with Crippen molar-refractivity contribution in [1.29, 1.82) is 0 Å². The van der Waals surface area contributed by atoms with Crippen molar-refractivity contribution < 1.29 is 14.3 Å². The summed E-state index contributed by atoms with van der Waals surface area (Å²) in [6, 6.07) is 5.04. The van der Waals surface area contributed by atoms with E-state index < -0.39 is 5.97 Å². The molecule has 0 radical (unpaired) electrons. The maximum atomic E-state index is 13.7. The van der Waals surface area contributed by atoms with Crippen LogP contribution in [0.1, 0.15) is 24.1 Å². The largest absolute Gasteiger partial charge is 0.481 e. The number of nitrogens with one attached hydrogen (secondary N) is 1. The summed E-state index contributed by atoms with van der Waals surface area (Å²) in [4.78, 5) is 13.9. The van der Waals surface area contributed by atoms with Gasteiger partial charge < -0.3 is 10.1 Å². The van der Waals surface area contributed by atoms with Crippen molar-refractivity contribution in [2.24, 2.45) is 5.92 Å². The first-order chi connectivity index (χ1) is 8.65. The van der Waals surface area contributed by atoms with Gasteiger partial charge in [-0.25, -0.2) is 4.39 Å². The quantitative estimate of drug-likeness (QED) is 0.857. The highest BCUT2D eigenvalue weighted by molar-refractivity contribution is 5.85. The Balaban J connectivity index is 2.02. The van der Waals surface area contributed by atoms with E-state index in [0.29, 0.717) is 5.52 Å². The SMILES string of the molecule is O=C(O)CC1CCc2[nH]c3c(F)cccc3c2C1. The number of carbonyl (C=O) groups is 1. The van der Waals surface area contributed by atoms with Gasteiger partial charge in [0.05, 0.1) is 5.52 Å². The second kappa shape index (κ2) is 4.12. The van der Waals surface area contributed by atoms with Crippen molar-refractivity contribution in [3.63, 3.8) is 0 Å². The zero-order chi connectivity index (χ0) is 12.7. The summed E-state index contributed by atoms with van der Waals surface area (Å²) in [5.74, 6) is -0.830. The van der Waals surface area contributed by atoms with Gasteiger partial charge in [0, 0.05) is 17.5 Å². The second-order valence-electron chi connectivity index (χ2n) is 4.95. The van der Waals surface area contributed by atoms with Crippen LogP contribution in [0.5, 0.6) is 0 Å². The number of carboxylic acids is 1. The number of hydrogen-bond donors (Lipinski definition) is 2. The molecule has 2 aromatic rings. The minimum atomic E-state index is -0.755. The minimum absolute atomic E-state index is 0.164. The number of hydrogen-bond acceptors (Lipinski definition) is 1. The van der Waals surface area contributed by atoms with E-state index >= 15 is 0 Å². The molecule has 1 aliphatic carbocycles. The summed E-state index contributed by atoms with van der Waals surface area (Å²) < 4.78 is 13.7. The van der Waals surface area contributed by atoms with E-state index in [1.807, 2.05) is 6.07 Å². The van der Waals surface area contributed by atoms with Gasteiger partial charge in [0.25, 0.3) is 0 Å².